The van der Waals surface area contributed by atoms with Crippen molar-refractivity contribution >= 4 is 28.4 Å². The fourth-order valence-electron chi connectivity index (χ4n) is 2.65. The monoisotopic (exact) mass is 273 g/mol. The number of nitrogens with two attached hydrogens (primary N) is 1. The lowest BCUT2D eigenvalue weighted by atomic mass is 10.2. The molecule has 1 saturated heterocycles. The molecule has 3 heterocycles. The van der Waals surface area contributed by atoms with E-state index in [-0.39, 0.29) is 5.91 Å². The van der Waals surface area contributed by atoms with Gasteiger partial charge in [0.1, 0.15) is 11.6 Å². The van der Waals surface area contributed by atoms with Crippen LogP contribution in [0.3, 0.4) is 0 Å². The highest BCUT2D eigenvalue weighted by Crippen LogP contribution is 2.25. The third-order valence-electron chi connectivity index (χ3n) is 3.84. The number of aromatic nitrogens is 2. The maximum Gasteiger partial charge on any atom is 0.222 e. The fourth-order valence-corrected chi connectivity index (χ4v) is 2.65. The molecular weight excluding hydrogens is 254 g/mol. The molecule has 1 amide bonds. The zero-order chi connectivity index (χ0) is 14.1. The van der Waals surface area contributed by atoms with Gasteiger partial charge in [-0.3, -0.25) is 4.79 Å². The number of carbonyl (C=O) groups is 1. The summed E-state index contributed by atoms with van der Waals surface area (Å²) in [6.45, 7) is 5.13. The van der Waals surface area contributed by atoms with E-state index in [1.807, 2.05) is 24.0 Å². The second-order valence-corrected chi connectivity index (χ2v) is 5.03. The van der Waals surface area contributed by atoms with E-state index in [4.69, 9.17) is 5.73 Å². The van der Waals surface area contributed by atoms with Crippen LogP contribution in [0.4, 0.5) is 11.6 Å². The van der Waals surface area contributed by atoms with Crippen molar-refractivity contribution in [2.24, 2.45) is 0 Å². The Morgan fingerprint density at radius 2 is 2.15 bits per heavy atom. The molecular formula is C14H19N5O. The summed E-state index contributed by atoms with van der Waals surface area (Å²) in [4.78, 5) is 23.3. The Morgan fingerprint density at radius 1 is 1.40 bits per heavy atom. The van der Waals surface area contributed by atoms with E-state index in [0.717, 1.165) is 42.9 Å². The van der Waals surface area contributed by atoms with Crippen LogP contribution in [-0.4, -0.2) is 47.0 Å². The normalized spacial score (nSPS) is 15.8. The van der Waals surface area contributed by atoms with Gasteiger partial charge in [-0.05, 0) is 12.1 Å². The molecule has 0 aromatic carbocycles. The Morgan fingerprint density at radius 3 is 2.80 bits per heavy atom. The van der Waals surface area contributed by atoms with Crippen molar-refractivity contribution in [3.05, 3.63) is 18.3 Å². The number of anilines is 2. The third-order valence-corrected chi connectivity index (χ3v) is 3.84. The van der Waals surface area contributed by atoms with Crippen molar-refractivity contribution in [1.82, 2.24) is 14.9 Å². The lowest BCUT2D eigenvalue weighted by Crippen LogP contribution is -2.48. The number of rotatable bonds is 2. The molecule has 2 aromatic rings. The van der Waals surface area contributed by atoms with Crippen molar-refractivity contribution in [3.8, 4) is 0 Å². The van der Waals surface area contributed by atoms with Crippen molar-refractivity contribution in [1.29, 1.82) is 0 Å². The summed E-state index contributed by atoms with van der Waals surface area (Å²) in [5, 5.41) is 0.953. The minimum atomic E-state index is 0.231. The second kappa shape index (κ2) is 5.03. The summed E-state index contributed by atoms with van der Waals surface area (Å²) < 4.78 is 0. The predicted molar refractivity (Wildman–Crippen MR) is 79.6 cm³/mol. The predicted octanol–water partition coefficient (Wildman–Crippen LogP) is 1.20. The van der Waals surface area contributed by atoms with Crippen LogP contribution < -0.4 is 10.6 Å². The molecule has 1 aliphatic rings. The smallest absolute Gasteiger partial charge is 0.222 e. The molecule has 20 heavy (non-hydrogen) atoms. The van der Waals surface area contributed by atoms with E-state index < -0.39 is 0 Å². The second-order valence-electron chi connectivity index (χ2n) is 5.03. The Bertz CT molecular complexity index is 628. The Kier molecular flexibility index (Phi) is 3.22. The molecule has 0 unspecified atom stereocenters. The van der Waals surface area contributed by atoms with Crippen LogP contribution in [0.25, 0.3) is 10.9 Å². The van der Waals surface area contributed by atoms with Crippen LogP contribution in [0, 0.1) is 0 Å². The molecule has 0 radical (unpaired) electrons. The lowest BCUT2D eigenvalue weighted by Gasteiger charge is -2.35. The van der Waals surface area contributed by atoms with Gasteiger partial charge in [-0.2, -0.15) is 0 Å². The molecule has 2 aromatic heterocycles. The minimum Gasteiger partial charge on any atom is -0.383 e. The maximum atomic E-state index is 11.7. The van der Waals surface area contributed by atoms with E-state index >= 15 is 0 Å². The Balaban J connectivity index is 1.77. The zero-order valence-electron chi connectivity index (χ0n) is 11.6. The van der Waals surface area contributed by atoms with Crippen LogP contribution in [0.2, 0.25) is 0 Å². The largest absolute Gasteiger partial charge is 0.383 e. The SMILES string of the molecule is CCC(=O)N1CCN(c2cc3c(N)nccc3[nH]2)CC1. The number of nitrogen functional groups attached to an aromatic ring is 1. The lowest BCUT2D eigenvalue weighted by molar-refractivity contribution is -0.131. The first-order valence-electron chi connectivity index (χ1n) is 6.95. The summed E-state index contributed by atoms with van der Waals surface area (Å²) in [5.74, 6) is 1.82. The maximum absolute atomic E-state index is 11.7. The number of nitrogens with zero attached hydrogens (tertiary/aromatic N) is 3. The first-order chi connectivity index (χ1) is 9.69. The average Bonchev–Trinajstić information content (AvgIpc) is 2.92. The van der Waals surface area contributed by atoms with E-state index in [2.05, 4.69) is 14.9 Å². The van der Waals surface area contributed by atoms with E-state index in [1.165, 1.54) is 0 Å². The molecule has 0 spiro atoms. The number of amides is 1. The molecule has 106 valence electrons. The topological polar surface area (TPSA) is 78.2 Å². The molecule has 3 N–H and O–H groups in total. The fraction of sp³-hybridized carbons (Fsp3) is 0.429. The van der Waals surface area contributed by atoms with Crippen molar-refractivity contribution in [2.45, 2.75) is 13.3 Å². The summed E-state index contributed by atoms with van der Waals surface area (Å²) in [6.07, 6.45) is 2.28. The number of piperazine rings is 1. The summed E-state index contributed by atoms with van der Waals surface area (Å²) in [5.41, 5.74) is 6.88. The standard InChI is InChI=1S/C14H19N5O/c1-2-13(20)19-7-5-18(6-8-19)12-9-10-11(17-12)3-4-16-14(10)15/h3-4,9,17H,2,5-8H2,1H3,(H2,15,16). The van der Waals surface area contributed by atoms with Gasteiger partial charge in [0.05, 0.1) is 5.52 Å². The van der Waals surface area contributed by atoms with E-state index in [9.17, 15) is 4.79 Å². The van der Waals surface area contributed by atoms with Gasteiger partial charge in [0.15, 0.2) is 0 Å². The molecule has 0 saturated carbocycles. The molecule has 1 aliphatic heterocycles. The Hall–Kier alpha value is -2.24. The van der Waals surface area contributed by atoms with Gasteiger partial charge in [-0.15, -0.1) is 0 Å². The van der Waals surface area contributed by atoms with Gasteiger partial charge in [0, 0.05) is 44.2 Å². The molecule has 0 atom stereocenters. The molecule has 6 nitrogen and oxygen atoms in total. The first kappa shape index (κ1) is 12.8. The van der Waals surface area contributed by atoms with Crippen molar-refractivity contribution < 1.29 is 4.79 Å². The van der Waals surface area contributed by atoms with Crippen LogP contribution in [-0.2, 0) is 4.79 Å². The van der Waals surface area contributed by atoms with Gasteiger partial charge in [0.2, 0.25) is 5.91 Å². The zero-order valence-corrected chi connectivity index (χ0v) is 11.6. The third kappa shape index (κ3) is 2.17. The number of hydrogen-bond donors (Lipinski definition) is 2. The van der Waals surface area contributed by atoms with Gasteiger partial charge in [0.25, 0.3) is 0 Å². The Labute approximate surface area is 117 Å². The van der Waals surface area contributed by atoms with Crippen molar-refractivity contribution in [2.75, 3.05) is 36.8 Å². The molecule has 0 bridgehead atoms. The number of pyridine rings is 1. The number of carbonyl (C=O) groups excluding carboxylic acids is 1. The van der Waals surface area contributed by atoms with Crippen LogP contribution >= 0.6 is 0 Å². The van der Waals surface area contributed by atoms with Gasteiger partial charge < -0.3 is 20.5 Å². The number of H-pyrrole nitrogens is 1. The summed E-state index contributed by atoms with van der Waals surface area (Å²) in [7, 11) is 0. The number of hydrogen-bond acceptors (Lipinski definition) is 4. The van der Waals surface area contributed by atoms with Crippen molar-refractivity contribution in [3.63, 3.8) is 0 Å². The molecule has 3 rings (SSSR count). The first-order valence-corrected chi connectivity index (χ1v) is 6.95. The molecule has 0 aliphatic carbocycles. The molecule has 1 fully saturated rings. The van der Waals surface area contributed by atoms with Gasteiger partial charge >= 0.3 is 0 Å². The summed E-state index contributed by atoms with van der Waals surface area (Å²) in [6, 6.07) is 3.96. The highest BCUT2D eigenvalue weighted by atomic mass is 16.2. The van der Waals surface area contributed by atoms with E-state index in [0.29, 0.717) is 12.2 Å². The highest BCUT2D eigenvalue weighted by Gasteiger charge is 2.21. The van der Waals surface area contributed by atoms with Crippen LogP contribution in [0.15, 0.2) is 18.3 Å². The van der Waals surface area contributed by atoms with Gasteiger partial charge in [-0.25, -0.2) is 4.98 Å². The highest BCUT2D eigenvalue weighted by molar-refractivity contribution is 5.92. The number of nitrogens with one attached hydrogen (secondary N) is 1. The quantitative estimate of drug-likeness (QED) is 0.862. The minimum absolute atomic E-state index is 0.231. The van der Waals surface area contributed by atoms with Crippen LogP contribution in [0.1, 0.15) is 13.3 Å². The number of aromatic amines is 1. The molecule has 6 heteroatoms. The average molecular weight is 273 g/mol. The van der Waals surface area contributed by atoms with Crippen LogP contribution in [0.5, 0.6) is 0 Å². The van der Waals surface area contributed by atoms with E-state index in [1.54, 1.807) is 6.20 Å². The summed E-state index contributed by atoms with van der Waals surface area (Å²) >= 11 is 0. The van der Waals surface area contributed by atoms with Gasteiger partial charge in [-0.1, -0.05) is 6.92 Å². The number of fused-ring (bicyclic) bond motifs is 1.